The van der Waals surface area contributed by atoms with E-state index in [0.717, 1.165) is 25.7 Å². The van der Waals surface area contributed by atoms with Crippen LogP contribution >= 0.6 is 0 Å². The number of methoxy groups -OCH3 is 1. The molecule has 0 N–H and O–H groups in total. The smallest absolute Gasteiger partial charge is 0.316 e. The number of aromatic nitrogens is 2. The van der Waals surface area contributed by atoms with Gasteiger partial charge in [-0.25, -0.2) is 9.97 Å². The number of Topliss-reactive ketones (excluding diaryl/α,β-unsaturated/α-hetero) is 1. The molecule has 6 heteroatoms. The normalized spacial score (nSPS) is 33.1. The van der Waals surface area contributed by atoms with Gasteiger partial charge in [0.25, 0.3) is 0 Å². The monoisotopic (exact) mass is 280 g/mol. The van der Waals surface area contributed by atoms with Crippen molar-refractivity contribution in [3.05, 3.63) is 18.0 Å². The van der Waals surface area contributed by atoms with Gasteiger partial charge in [-0.3, -0.25) is 9.00 Å². The predicted octanol–water partition coefficient (Wildman–Crippen LogP) is 1.36. The van der Waals surface area contributed by atoms with Crippen LogP contribution in [0.5, 0.6) is 6.01 Å². The molecule has 102 valence electrons. The highest BCUT2D eigenvalue weighted by atomic mass is 32.2. The molecule has 3 heterocycles. The van der Waals surface area contributed by atoms with Gasteiger partial charge >= 0.3 is 6.01 Å². The van der Waals surface area contributed by atoms with E-state index >= 15 is 0 Å². The van der Waals surface area contributed by atoms with Gasteiger partial charge in [0.1, 0.15) is 0 Å². The predicted molar refractivity (Wildman–Crippen MR) is 70.6 cm³/mol. The molecule has 5 nitrogen and oxygen atoms in total. The maximum absolute atomic E-state index is 12.4. The summed E-state index contributed by atoms with van der Waals surface area (Å²) < 4.78 is 16.8. The summed E-state index contributed by atoms with van der Waals surface area (Å²) in [5.74, 6) is 0.0587. The zero-order valence-electron chi connectivity index (χ0n) is 10.7. The molecule has 2 bridgehead atoms. The van der Waals surface area contributed by atoms with Crippen molar-refractivity contribution in [3.63, 3.8) is 0 Å². The summed E-state index contributed by atoms with van der Waals surface area (Å²) >= 11 is 0. The summed E-state index contributed by atoms with van der Waals surface area (Å²) in [6.45, 7) is 0. The Morgan fingerprint density at radius 3 is 2.37 bits per heavy atom. The van der Waals surface area contributed by atoms with Crippen LogP contribution in [0, 0.1) is 5.92 Å². The topological polar surface area (TPSA) is 69.2 Å². The maximum atomic E-state index is 12.4. The molecule has 0 amide bonds. The lowest BCUT2D eigenvalue weighted by molar-refractivity contribution is 0.0905. The van der Waals surface area contributed by atoms with Crippen molar-refractivity contribution in [1.29, 1.82) is 0 Å². The van der Waals surface area contributed by atoms with E-state index in [-0.39, 0.29) is 28.2 Å². The zero-order chi connectivity index (χ0) is 13.4. The number of ketones is 1. The Kier molecular flexibility index (Phi) is 3.35. The highest BCUT2D eigenvalue weighted by molar-refractivity contribution is 7.86. The molecule has 0 saturated carbocycles. The van der Waals surface area contributed by atoms with Crippen molar-refractivity contribution in [2.24, 2.45) is 5.92 Å². The lowest BCUT2D eigenvalue weighted by Gasteiger charge is -2.26. The minimum Gasteiger partial charge on any atom is -0.467 e. The Hall–Kier alpha value is -1.30. The van der Waals surface area contributed by atoms with E-state index in [4.69, 9.17) is 4.74 Å². The van der Waals surface area contributed by atoms with Crippen LogP contribution in [0.4, 0.5) is 0 Å². The van der Waals surface area contributed by atoms with Crippen LogP contribution in [0.2, 0.25) is 0 Å². The van der Waals surface area contributed by atoms with Crippen LogP contribution in [0.25, 0.3) is 0 Å². The average molecular weight is 280 g/mol. The molecule has 2 aliphatic heterocycles. The fraction of sp³-hybridized carbons (Fsp3) is 0.615. The van der Waals surface area contributed by atoms with Crippen LogP contribution in [0.1, 0.15) is 36.0 Å². The molecule has 0 spiro atoms. The quantitative estimate of drug-likeness (QED) is 0.782. The molecule has 2 atom stereocenters. The second kappa shape index (κ2) is 5.00. The summed E-state index contributed by atoms with van der Waals surface area (Å²) in [5, 5.41) is 0.429. The molecule has 0 radical (unpaired) electrons. The Bertz CT molecular complexity index is 501. The van der Waals surface area contributed by atoms with Gasteiger partial charge in [-0.1, -0.05) is 0 Å². The highest BCUT2D eigenvalue weighted by Gasteiger charge is 2.42. The minimum atomic E-state index is -0.721. The minimum absolute atomic E-state index is 0.0211. The van der Waals surface area contributed by atoms with Crippen molar-refractivity contribution in [2.75, 3.05) is 7.11 Å². The number of carbonyl (C=O) groups excluding carboxylic acids is 1. The SMILES string of the molecule is COc1ncc(C(=O)C2CC3CCC(C2)S3=O)cn1. The van der Waals surface area contributed by atoms with Crippen LogP contribution in [-0.2, 0) is 10.8 Å². The van der Waals surface area contributed by atoms with E-state index in [1.54, 1.807) is 0 Å². The van der Waals surface area contributed by atoms with Crippen LogP contribution in [0.15, 0.2) is 12.4 Å². The van der Waals surface area contributed by atoms with Crippen LogP contribution in [-0.4, -0.2) is 37.6 Å². The van der Waals surface area contributed by atoms with Gasteiger partial charge in [-0.2, -0.15) is 0 Å². The Morgan fingerprint density at radius 2 is 1.84 bits per heavy atom. The van der Waals surface area contributed by atoms with E-state index in [9.17, 15) is 9.00 Å². The largest absolute Gasteiger partial charge is 0.467 e. The maximum Gasteiger partial charge on any atom is 0.316 e. The molecule has 1 aromatic rings. The molecular weight excluding hydrogens is 264 g/mol. The fourth-order valence-electron chi connectivity index (χ4n) is 3.03. The van der Waals surface area contributed by atoms with Gasteiger partial charge in [0.2, 0.25) is 0 Å². The van der Waals surface area contributed by atoms with Crippen LogP contribution in [0.3, 0.4) is 0 Å². The first kappa shape index (κ1) is 12.7. The van der Waals surface area contributed by atoms with Crippen molar-refractivity contribution in [1.82, 2.24) is 9.97 Å². The van der Waals surface area contributed by atoms with Crippen LogP contribution < -0.4 is 4.74 Å². The number of ether oxygens (including phenoxy) is 1. The fourth-order valence-corrected chi connectivity index (χ4v) is 5.16. The molecule has 2 fully saturated rings. The number of fused-ring (bicyclic) bond motifs is 2. The number of hydrogen-bond donors (Lipinski definition) is 0. The van der Waals surface area contributed by atoms with Gasteiger partial charge in [-0.15, -0.1) is 0 Å². The van der Waals surface area contributed by atoms with Gasteiger partial charge in [-0.05, 0) is 25.7 Å². The van der Waals surface area contributed by atoms with Crippen molar-refractivity contribution in [2.45, 2.75) is 36.2 Å². The Balaban J connectivity index is 1.75. The molecule has 2 aliphatic rings. The van der Waals surface area contributed by atoms with Gasteiger partial charge in [0.05, 0.1) is 12.7 Å². The third kappa shape index (κ3) is 2.29. The lowest BCUT2D eigenvalue weighted by atomic mass is 9.91. The lowest BCUT2D eigenvalue weighted by Crippen LogP contribution is -2.32. The summed E-state index contributed by atoms with van der Waals surface area (Å²) in [6, 6.07) is 0.265. The second-order valence-corrected chi connectivity index (χ2v) is 7.13. The first-order valence-electron chi connectivity index (χ1n) is 6.48. The van der Waals surface area contributed by atoms with Crippen molar-refractivity contribution < 1.29 is 13.7 Å². The third-order valence-electron chi connectivity index (χ3n) is 4.03. The average Bonchev–Trinajstić information content (AvgIpc) is 2.68. The third-order valence-corrected chi connectivity index (χ3v) is 6.20. The summed E-state index contributed by atoms with van der Waals surface area (Å²) in [6.07, 6.45) is 6.52. The Labute approximate surface area is 114 Å². The summed E-state index contributed by atoms with van der Waals surface area (Å²) in [7, 11) is 0.770. The van der Waals surface area contributed by atoms with Gasteiger partial charge in [0, 0.05) is 39.6 Å². The van der Waals surface area contributed by atoms with Gasteiger partial charge < -0.3 is 4.74 Å². The molecule has 0 aromatic carbocycles. The number of hydrogen-bond acceptors (Lipinski definition) is 5. The standard InChI is InChI=1S/C13H16N2O3S/c1-18-13-14-6-9(7-15-13)12(16)8-4-10-2-3-11(5-8)19(10)17/h6-8,10-11H,2-5H2,1H3. The molecule has 0 aliphatic carbocycles. The number of rotatable bonds is 3. The Morgan fingerprint density at radius 1 is 1.26 bits per heavy atom. The number of nitrogens with zero attached hydrogens (tertiary/aromatic N) is 2. The molecule has 19 heavy (non-hydrogen) atoms. The first-order chi connectivity index (χ1) is 9.19. The second-order valence-electron chi connectivity index (χ2n) is 5.14. The van der Waals surface area contributed by atoms with E-state index in [1.165, 1.54) is 19.5 Å². The van der Waals surface area contributed by atoms with Crippen molar-refractivity contribution >= 4 is 16.6 Å². The summed E-state index contributed by atoms with van der Waals surface area (Å²) in [4.78, 5) is 20.3. The van der Waals surface area contributed by atoms with E-state index in [0.29, 0.717) is 5.56 Å². The van der Waals surface area contributed by atoms with Gasteiger partial charge in [0.15, 0.2) is 5.78 Å². The summed E-state index contributed by atoms with van der Waals surface area (Å²) in [5.41, 5.74) is 0.526. The van der Waals surface area contributed by atoms with E-state index in [1.807, 2.05) is 0 Å². The van der Waals surface area contributed by atoms with E-state index < -0.39 is 10.8 Å². The molecule has 2 saturated heterocycles. The van der Waals surface area contributed by atoms with Crippen molar-refractivity contribution in [3.8, 4) is 6.01 Å². The molecule has 2 unspecified atom stereocenters. The first-order valence-corrected chi connectivity index (χ1v) is 7.76. The zero-order valence-corrected chi connectivity index (χ0v) is 11.6. The number of carbonyl (C=O) groups is 1. The molecule has 1 aromatic heterocycles. The molecular formula is C13H16N2O3S. The molecule has 3 rings (SSSR count). The highest BCUT2D eigenvalue weighted by Crippen LogP contribution is 2.39. The van der Waals surface area contributed by atoms with E-state index in [2.05, 4.69) is 9.97 Å².